The number of hydrogen-bond acceptors (Lipinski definition) is 4. The molecule has 0 bridgehead atoms. The topological polar surface area (TPSA) is 85.4 Å². The number of hydrogen-bond donors (Lipinski definition) is 4. The highest BCUT2D eigenvalue weighted by molar-refractivity contribution is 6.30. The minimum absolute atomic E-state index is 0.00243. The third-order valence-corrected chi connectivity index (χ3v) is 6.26. The lowest BCUT2D eigenvalue weighted by Gasteiger charge is -2.46. The predicted molar refractivity (Wildman–Crippen MR) is 113 cm³/mol. The zero-order valence-electron chi connectivity index (χ0n) is 16.7. The molecular formula is C22H19ClF4N2O3. The van der Waals surface area contributed by atoms with E-state index in [9.17, 15) is 32.6 Å². The van der Waals surface area contributed by atoms with Crippen molar-refractivity contribution in [3.8, 4) is 5.75 Å². The lowest BCUT2D eigenvalue weighted by molar-refractivity contribution is -0.272. The van der Waals surface area contributed by atoms with E-state index >= 15 is 0 Å². The number of aromatic hydroxyl groups is 1. The average molecular weight is 471 g/mol. The smallest absolute Gasteiger partial charge is 0.419 e. The largest absolute Gasteiger partial charge is 0.508 e. The molecule has 3 atom stereocenters. The van der Waals surface area contributed by atoms with Crippen LogP contribution in [0.4, 0.5) is 23.2 Å². The molecule has 0 saturated carbocycles. The molecule has 1 aliphatic rings. The number of aromatic amines is 1. The van der Waals surface area contributed by atoms with E-state index in [0.717, 1.165) is 12.1 Å². The molecule has 170 valence electrons. The lowest BCUT2D eigenvalue weighted by atomic mass is 9.69. The average Bonchev–Trinajstić information content (AvgIpc) is 2.70. The number of phenolic OH excluding ortho intramolecular Hbond substituents is 1. The molecule has 1 aromatic heterocycles. The van der Waals surface area contributed by atoms with E-state index in [4.69, 9.17) is 11.6 Å². The molecule has 5 nitrogen and oxygen atoms in total. The van der Waals surface area contributed by atoms with Gasteiger partial charge in [-0.2, -0.15) is 13.2 Å². The van der Waals surface area contributed by atoms with Crippen LogP contribution in [0.25, 0.3) is 10.9 Å². The molecule has 0 aliphatic heterocycles. The summed E-state index contributed by atoms with van der Waals surface area (Å²) in [6.07, 6.45) is -5.48. The van der Waals surface area contributed by atoms with Crippen LogP contribution in [0.5, 0.6) is 5.75 Å². The Kier molecular flexibility index (Phi) is 5.37. The monoisotopic (exact) mass is 470 g/mol. The number of benzene rings is 2. The second-order valence-electron chi connectivity index (χ2n) is 7.94. The van der Waals surface area contributed by atoms with Gasteiger partial charge in [0.15, 0.2) is 5.60 Å². The van der Waals surface area contributed by atoms with E-state index in [0.29, 0.717) is 0 Å². The Morgan fingerprint density at radius 2 is 1.97 bits per heavy atom. The number of phenols is 1. The minimum atomic E-state index is -5.03. The van der Waals surface area contributed by atoms with E-state index < -0.39 is 41.5 Å². The van der Waals surface area contributed by atoms with Gasteiger partial charge in [-0.05, 0) is 54.7 Å². The quantitative estimate of drug-likeness (QED) is 0.388. The fourth-order valence-corrected chi connectivity index (χ4v) is 4.70. The van der Waals surface area contributed by atoms with Crippen molar-refractivity contribution in [1.82, 2.24) is 4.98 Å². The summed E-state index contributed by atoms with van der Waals surface area (Å²) >= 11 is 6.04. The molecule has 2 aromatic carbocycles. The number of rotatable bonds is 3. The zero-order chi connectivity index (χ0) is 23.4. The van der Waals surface area contributed by atoms with Crippen LogP contribution in [0, 0.1) is 5.82 Å². The maximum absolute atomic E-state index is 14.2. The summed E-state index contributed by atoms with van der Waals surface area (Å²) in [7, 11) is 0. The summed E-state index contributed by atoms with van der Waals surface area (Å²) < 4.78 is 56.9. The molecule has 32 heavy (non-hydrogen) atoms. The van der Waals surface area contributed by atoms with Crippen molar-refractivity contribution >= 4 is 28.2 Å². The van der Waals surface area contributed by atoms with Crippen LogP contribution in [-0.4, -0.2) is 27.0 Å². The highest BCUT2D eigenvalue weighted by Crippen LogP contribution is 2.55. The SMILES string of the molecule is CC[C@@H]1C[C@@](O)(C(F)(F)F)[C@@H](Nc2ccc(F)c3[nH]c(=O)ccc23)c2cc(Cl)cc(O)c21. The minimum Gasteiger partial charge on any atom is -0.508 e. The number of nitrogens with one attached hydrogen (secondary N) is 2. The first-order chi connectivity index (χ1) is 15.0. The van der Waals surface area contributed by atoms with Crippen molar-refractivity contribution in [3.05, 3.63) is 68.7 Å². The molecule has 0 saturated heterocycles. The van der Waals surface area contributed by atoms with Gasteiger partial charge >= 0.3 is 6.18 Å². The molecule has 0 spiro atoms. The Morgan fingerprint density at radius 3 is 2.62 bits per heavy atom. The van der Waals surface area contributed by atoms with Gasteiger partial charge in [0.1, 0.15) is 11.6 Å². The van der Waals surface area contributed by atoms with Gasteiger partial charge in [-0.15, -0.1) is 0 Å². The maximum atomic E-state index is 14.2. The molecule has 4 N–H and O–H groups in total. The highest BCUT2D eigenvalue weighted by atomic mass is 35.5. The summed E-state index contributed by atoms with van der Waals surface area (Å²) in [5.41, 5.74) is -3.65. The maximum Gasteiger partial charge on any atom is 0.419 e. The molecular weight excluding hydrogens is 452 g/mol. The van der Waals surface area contributed by atoms with E-state index in [-0.39, 0.29) is 44.9 Å². The second kappa shape index (κ2) is 7.67. The highest BCUT2D eigenvalue weighted by Gasteiger charge is 2.62. The van der Waals surface area contributed by atoms with Gasteiger partial charge in [0.25, 0.3) is 0 Å². The number of aliphatic hydroxyl groups is 1. The van der Waals surface area contributed by atoms with Gasteiger partial charge in [0.2, 0.25) is 5.56 Å². The Balaban J connectivity index is 1.96. The van der Waals surface area contributed by atoms with Crippen LogP contribution in [-0.2, 0) is 0 Å². The molecule has 1 aliphatic carbocycles. The van der Waals surface area contributed by atoms with Crippen molar-refractivity contribution in [1.29, 1.82) is 0 Å². The zero-order valence-corrected chi connectivity index (χ0v) is 17.5. The summed E-state index contributed by atoms with van der Waals surface area (Å²) in [6, 6.07) is 5.39. The van der Waals surface area contributed by atoms with Crippen molar-refractivity contribution < 1.29 is 27.8 Å². The van der Waals surface area contributed by atoms with Crippen LogP contribution in [0.15, 0.2) is 41.2 Å². The first-order valence-corrected chi connectivity index (χ1v) is 10.2. The van der Waals surface area contributed by atoms with E-state index in [2.05, 4.69) is 10.3 Å². The molecule has 1 heterocycles. The fourth-order valence-electron chi connectivity index (χ4n) is 4.48. The molecule has 0 radical (unpaired) electrons. The third kappa shape index (κ3) is 3.49. The summed E-state index contributed by atoms with van der Waals surface area (Å²) in [5, 5.41) is 24.3. The van der Waals surface area contributed by atoms with Crippen molar-refractivity contribution in [2.45, 2.75) is 43.5 Å². The number of H-pyrrole nitrogens is 1. The Morgan fingerprint density at radius 1 is 1.25 bits per heavy atom. The van der Waals surface area contributed by atoms with Crippen molar-refractivity contribution in [2.75, 3.05) is 5.32 Å². The number of anilines is 1. The molecule has 3 aromatic rings. The van der Waals surface area contributed by atoms with Crippen LogP contribution in [0.2, 0.25) is 5.02 Å². The summed E-state index contributed by atoms with van der Waals surface area (Å²) in [6.45, 7) is 1.66. The van der Waals surface area contributed by atoms with Crippen molar-refractivity contribution in [3.63, 3.8) is 0 Å². The first kappa shape index (κ1) is 22.4. The standard InChI is InChI=1S/C22H19ClF4N2O3/c1-2-10-9-21(32,22(25,26)27)20(13-7-11(23)8-16(30)18(10)13)28-15-5-4-14(24)19-12(15)3-6-17(31)29-19/h3-8,10,20,28,30,32H,2,9H2,1H3,(H,29,31)/t10-,20+,21+/m1/s1. The first-order valence-electron chi connectivity index (χ1n) is 9.85. The van der Waals surface area contributed by atoms with Crippen LogP contribution >= 0.6 is 11.6 Å². The van der Waals surface area contributed by atoms with Crippen LogP contribution < -0.4 is 10.9 Å². The number of halogens is 5. The third-order valence-electron chi connectivity index (χ3n) is 6.04. The Hall–Kier alpha value is -2.78. The van der Waals surface area contributed by atoms with Gasteiger partial charge in [0, 0.05) is 27.7 Å². The van der Waals surface area contributed by atoms with Crippen LogP contribution in [0.1, 0.15) is 42.9 Å². The lowest BCUT2D eigenvalue weighted by Crippen LogP contribution is -2.55. The van der Waals surface area contributed by atoms with Gasteiger partial charge in [-0.25, -0.2) is 4.39 Å². The second-order valence-corrected chi connectivity index (χ2v) is 8.38. The molecule has 0 amide bonds. The summed E-state index contributed by atoms with van der Waals surface area (Å²) in [5.74, 6) is -1.79. The van der Waals surface area contributed by atoms with Gasteiger partial charge < -0.3 is 20.5 Å². The number of fused-ring (bicyclic) bond motifs is 2. The van der Waals surface area contributed by atoms with Gasteiger partial charge in [0.05, 0.1) is 11.6 Å². The van der Waals surface area contributed by atoms with Crippen molar-refractivity contribution in [2.24, 2.45) is 0 Å². The predicted octanol–water partition coefficient (Wildman–Crippen LogP) is 5.37. The van der Waals surface area contributed by atoms with Gasteiger partial charge in [-0.3, -0.25) is 4.79 Å². The Labute approximate surface area is 184 Å². The van der Waals surface area contributed by atoms with E-state index in [1.165, 1.54) is 24.3 Å². The Bertz CT molecular complexity index is 1260. The van der Waals surface area contributed by atoms with Gasteiger partial charge in [-0.1, -0.05) is 18.5 Å². The molecule has 0 fully saturated rings. The number of alkyl halides is 3. The molecule has 0 unspecified atom stereocenters. The summed E-state index contributed by atoms with van der Waals surface area (Å²) in [4.78, 5) is 13.9. The molecule has 10 heteroatoms. The number of pyridine rings is 1. The fraction of sp³-hybridized carbons (Fsp3) is 0.318. The van der Waals surface area contributed by atoms with E-state index in [1.54, 1.807) is 6.92 Å². The molecule has 4 rings (SSSR count). The number of aromatic nitrogens is 1. The van der Waals surface area contributed by atoms with E-state index in [1.807, 2.05) is 0 Å². The normalized spacial score (nSPS) is 23.2. The van der Waals surface area contributed by atoms with Crippen LogP contribution in [0.3, 0.4) is 0 Å².